The van der Waals surface area contributed by atoms with Crippen LogP contribution in [0, 0.1) is 5.92 Å². The standard InChI is InChI=1S/C19H24F3NO6S/c1-29-16-10-13(9-14(16)18(25)26)30(27,28)17-3-2-11(8-15(17)19(20,21)22)23-6-4-12(24)5-7-23/h2-3,8,12-14,16,24H,4-7,9-10H2,1H3,(H,25,26)/t13-,14-,16-/m0/s1. The minimum Gasteiger partial charge on any atom is -0.481 e. The van der Waals surface area contributed by atoms with Crippen LogP contribution in [0.4, 0.5) is 18.9 Å². The third kappa shape index (κ3) is 4.42. The van der Waals surface area contributed by atoms with Crippen molar-refractivity contribution in [2.45, 2.75) is 54.2 Å². The summed E-state index contributed by atoms with van der Waals surface area (Å²) in [7, 11) is -3.19. The van der Waals surface area contributed by atoms with Crippen molar-refractivity contribution in [1.29, 1.82) is 0 Å². The normalized spacial score (nSPS) is 26.2. The summed E-state index contributed by atoms with van der Waals surface area (Å²) >= 11 is 0. The van der Waals surface area contributed by atoms with Crippen LogP contribution in [0.5, 0.6) is 0 Å². The minimum absolute atomic E-state index is 0.182. The van der Waals surface area contributed by atoms with E-state index in [-0.39, 0.29) is 18.5 Å². The maximum absolute atomic E-state index is 13.8. The van der Waals surface area contributed by atoms with Crippen molar-refractivity contribution >= 4 is 21.5 Å². The number of sulfone groups is 1. The first-order valence-electron chi connectivity index (χ1n) is 9.59. The van der Waals surface area contributed by atoms with Gasteiger partial charge in [-0.1, -0.05) is 0 Å². The molecule has 1 aromatic rings. The van der Waals surface area contributed by atoms with Crippen LogP contribution in [0.15, 0.2) is 23.1 Å². The number of hydrogen-bond acceptors (Lipinski definition) is 6. The number of anilines is 1. The topological polar surface area (TPSA) is 104 Å². The van der Waals surface area contributed by atoms with E-state index in [4.69, 9.17) is 4.74 Å². The van der Waals surface area contributed by atoms with Gasteiger partial charge < -0.3 is 19.8 Å². The molecule has 2 fully saturated rings. The fourth-order valence-electron chi connectivity index (χ4n) is 4.22. The van der Waals surface area contributed by atoms with Gasteiger partial charge in [-0.15, -0.1) is 0 Å². The van der Waals surface area contributed by atoms with E-state index in [1.165, 1.54) is 13.2 Å². The second-order valence-corrected chi connectivity index (χ2v) is 9.95. The van der Waals surface area contributed by atoms with Gasteiger partial charge in [-0.3, -0.25) is 4.79 Å². The molecule has 3 rings (SSSR count). The van der Waals surface area contributed by atoms with E-state index in [0.29, 0.717) is 25.9 Å². The van der Waals surface area contributed by atoms with Crippen LogP contribution < -0.4 is 4.90 Å². The lowest BCUT2D eigenvalue weighted by atomic mass is 10.1. The van der Waals surface area contributed by atoms with Crippen LogP contribution in [0.2, 0.25) is 0 Å². The fourth-order valence-corrected chi connectivity index (χ4v) is 6.22. The molecular formula is C19H24F3NO6S. The molecule has 2 aliphatic rings. The number of benzene rings is 1. The summed E-state index contributed by atoms with van der Waals surface area (Å²) < 4.78 is 72.5. The van der Waals surface area contributed by atoms with E-state index in [1.807, 2.05) is 0 Å². The van der Waals surface area contributed by atoms with Gasteiger partial charge in [0.15, 0.2) is 9.84 Å². The number of aliphatic hydroxyl groups excluding tert-OH is 1. The Morgan fingerprint density at radius 2 is 1.83 bits per heavy atom. The Bertz CT molecular complexity index is 896. The van der Waals surface area contributed by atoms with Crippen LogP contribution in [-0.4, -0.2) is 62.3 Å². The smallest absolute Gasteiger partial charge is 0.417 e. The number of rotatable bonds is 5. The molecule has 1 aromatic carbocycles. The summed E-state index contributed by atoms with van der Waals surface area (Å²) in [6.45, 7) is 0.728. The van der Waals surface area contributed by atoms with Crippen LogP contribution in [-0.2, 0) is 25.5 Å². The average Bonchev–Trinajstić information content (AvgIpc) is 3.13. The highest BCUT2D eigenvalue weighted by Gasteiger charge is 2.47. The second-order valence-electron chi connectivity index (χ2n) is 7.75. The first-order chi connectivity index (χ1) is 13.9. The zero-order valence-corrected chi connectivity index (χ0v) is 17.1. The molecule has 7 nitrogen and oxygen atoms in total. The van der Waals surface area contributed by atoms with E-state index < -0.39 is 55.8 Å². The summed E-state index contributed by atoms with van der Waals surface area (Å²) in [4.78, 5) is 12.2. The maximum Gasteiger partial charge on any atom is 0.417 e. The Morgan fingerprint density at radius 3 is 2.33 bits per heavy atom. The molecule has 1 saturated heterocycles. The van der Waals surface area contributed by atoms with E-state index in [1.54, 1.807) is 4.90 Å². The quantitative estimate of drug-likeness (QED) is 0.708. The monoisotopic (exact) mass is 451 g/mol. The zero-order chi connectivity index (χ0) is 22.3. The van der Waals surface area contributed by atoms with Crippen molar-refractivity contribution in [3.63, 3.8) is 0 Å². The molecule has 0 spiro atoms. The molecule has 1 aliphatic carbocycles. The number of carboxylic acid groups (broad SMARTS) is 1. The molecule has 2 N–H and O–H groups in total. The Morgan fingerprint density at radius 1 is 1.20 bits per heavy atom. The number of ether oxygens (including phenoxy) is 1. The molecule has 11 heteroatoms. The number of methoxy groups -OCH3 is 1. The fraction of sp³-hybridized carbons (Fsp3) is 0.632. The molecule has 0 aromatic heterocycles. The number of piperidine rings is 1. The Hall–Kier alpha value is -1.85. The number of nitrogens with zero attached hydrogens (tertiary/aromatic N) is 1. The number of carbonyl (C=O) groups is 1. The SMILES string of the molecule is CO[C@H]1C[C@@H](S(=O)(=O)c2ccc(N3CCC(O)CC3)cc2C(F)(F)F)C[C@@H]1C(=O)O. The molecule has 0 amide bonds. The second kappa shape index (κ2) is 8.35. The summed E-state index contributed by atoms with van der Waals surface area (Å²) in [5.74, 6) is -2.33. The van der Waals surface area contributed by atoms with Gasteiger partial charge in [-0.05, 0) is 43.9 Å². The van der Waals surface area contributed by atoms with Crippen LogP contribution in [0.1, 0.15) is 31.2 Å². The van der Waals surface area contributed by atoms with Gasteiger partial charge in [0.2, 0.25) is 0 Å². The lowest BCUT2D eigenvalue weighted by Gasteiger charge is -2.32. The van der Waals surface area contributed by atoms with Gasteiger partial charge in [0.25, 0.3) is 0 Å². The van der Waals surface area contributed by atoms with Crippen LogP contribution >= 0.6 is 0 Å². The van der Waals surface area contributed by atoms with Gasteiger partial charge >= 0.3 is 12.1 Å². The van der Waals surface area contributed by atoms with Gasteiger partial charge in [-0.2, -0.15) is 13.2 Å². The highest BCUT2D eigenvalue weighted by molar-refractivity contribution is 7.92. The average molecular weight is 451 g/mol. The third-order valence-electron chi connectivity index (χ3n) is 5.92. The first-order valence-corrected chi connectivity index (χ1v) is 11.1. The number of aliphatic hydroxyl groups is 1. The molecular weight excluding hydrogens is 427 g/mol. The van der Waals surface area contributed by atoms with Crippen molar-refractivity contribution < 1.29 is 41.3 Å². The molecule has 1 saturated carbocycles. The van der Waals surface area contributed by atoms with Crippen molar-refractivity contribution in [2.24, 2.45) is 5.92 Å². The molecule has 0 bridgehead atoms. The van der Waals surface area contributed by atoms with E-state index in [9.17, 15) is 36.6 Å². The Balaban J connectivity index is 1.97. The van der Waals surface area contributed by atoms with Gasteiger partial charge in [-0.25, -0.2) is 8.42 Å². The molecule has 0 radical (unpaired) electrons. The third-order valence-corrected chi connectivity index (χ3v) is 8.16. The van der Waals surface area contributed by atoms with Crippen molar-refractivity contribution in [3.8, 4) is 0 Å². The van der Waals surface area contributed by atoms with Crippen molar-refractivity contribution in [1.82, 2.24) is 0 Å². The Labute approximate surface area is 172 Å². The maximum atomic E-state index is 13.8. The van der Waals surface area contributed by atoms with Gasteiger partial charge in [0.1, 0.15) is 0 Å². The molecule has 0 unspecified atom stereocenters. The number of halogens is 3. The molecule has 1 aliphatic heterocycles. The summed E-state index contributed by atoms with van der Waals surface area (Å²) in [5, 5.41) is 17.6. The zero-order valence-electron chi connectivity index (χ0n) is 16.3. The van der Waals surface area contributed by atoms with Crippen LogP contribution in [0.3, 0.4) is 0 Å². The molecule has 1 heterocycles. The van der Waals surface area contributed by atoms with Gasteiger partial charge in [0, 0.05) is 25.9 Å². The predicted molar refractivity (Wildman–Crippen MR) is 101 cm³/mol. The van der Waals surface area contributed by atoms with E-state index in [2.05, 4.69) is 0 Å². The number of carboxylic acids is 1. The summed E-state index contributed by atoms with van der Waals surface area (Å²) in [6.07, 6.45) is -5.94. The number of aliphatic carboxylic acids is 1. The Kier molecular flexibility index (Phi) is 6.35. The highest BCUT2D eigenvalue weighted by atomic mass is 32.2. The summed E-state index contributed by atoms with van der Waals surface area (Å²) in [6, 6.07) is 3.10. The minimum atomic E-state index is -4.90. The largest absolute Gasteiger partial charge is 0.481 e. The highest BCUT2D eigenvalue weighted by Crippen LogP contribution is 2.42. The lowest BCUT2D eigenvalue weighted by Crippen LogP contribution is -2.36. The number of alkyl halides is 3. The van der Waals surface area contributed by atoms with Crippen LogP contribution in [0.25, 0.3) is 0 Å². The predicted octanol–water partition coefficient (Wildman–Crippen LogP) is 2.32. The van der Waals surface area contributed by atoms with E-state index in [0.717, 1.165) is 12.1 Å². The lowest BCUT2D eigenvalue weighted by molar-refractivity contribution is -0.145. The van der Waals surface area contributed by atoms with Crippen molar-refractivity contribution in [2.75, 3.05) is 25.1 Å². The van der Waals surface area contributed by atoms with Gasteiger partial charge in [0.05, 0.1) is 33.8 Å². The molecule has 3 atom stereocenters. The first kappa shape index (κ1) is 22.8. The van der Waals surface area contributed by atoms with E-state index >= 15 is 0 Å². The molecule has 30 heavy (non-hydrogen) atoms. The number of hydrogen-bond donors (Lipinski definition) is 2. The van der Waals surface area contributed by atoms with Crippen molar-refractivity contribution in [3.05, 3.63) is 23.8 Å². The molecule has 168 valence electrons. The summed E-state index contributed by atoms with van der Waals surface area (Å²) in [5.41, 5.74) is -1.03.